The average Bonchev–Trinajstić information content (AvgIpc) is 3.39. The van der Waals surface area contributed by atoms with Crippen molar-refractivity contribution in [2.24, 2.45) is 4.99 Å². The summed E-state index contributed by atoms with van der Waals surface area (Å²) in [7, 11) is 0. The number of aromatic nitrogens is 1. The molecule has 2 atom stereocenters. The minimum absolute atomic E-state index is 0.178. The van der Waals surface area contributed by atoms with Crippen LogP contribution in [0.1, 0.15) is 30.5 Å². The molecule has 2 aliphatic heterocycles. The molecule has 0 amide bonds. The van der Waals surface area contributed by atoms with E-state index in [9.17, 15) is 9.59 Å². The third-order valence-corrected chi connectivity index (χ3v) is 6.97. The Labute approximate surface area is 223 Å². The highest BCUT2D eigenvalue weighted by molar-refractivity contribution is 7.11. The van der Waals surface area contributed by atoms with E-state index in [4.69, 9.17) is 42.4 Å². The predicted octanol–water partition coefficient (Wildman–Crippen LogP) is 3.62. The lowest BCUT2D eigenvalue weighted by Crippen LogP contribution is -2.43. The summed E-state index contributed by atoms with van der Waals surface area (Å²) in [6.45, 7) is 6.33. The first-order chi connectivity index (χ1) is 17.4. The van der Waals surface area contributed by atoms with Gasteiger partial charge < -0.3 is 19.5 Å². The highest BCUT2D eigenvalue weighted by atomic mass is 35.5. The second-order valence-electron chi connectivity index (χ2n) is 8.09. The molecule has 4 rings (SSSR count). The smallest absolute Gasteiger partial charge is 0.347 e. The molecule has 1 aromatic carbocycles. The van der Waals surface area contributed by atoms with E-state index < -0.39 is 24.1 Å². The molecular formula is C24H26Cl2N4O5S. The number of esters is 2. The highest BCUT2D eigenvalue weighted by Gasteiger charge is 2.36. The molecule has 1 saturated heterocycles. The van der Waals surface area contributed by atoms with Gasteiger partial charge in [0, 0.05) is 52.5 Å². The number of nitrogens with one attached hydrogen (secondary N) is 1. The van der Waals surface area contributed by atoms with Crippen molar-refractivity contribution in [2.45, 2.75) is 26.0 Å². The van der Waals surface area contributed by atoms with Gasteiger partial charge in [0.15, 0.2) is 16.9 Å². The first kappa shape index (κ1) is 26.6. The Morgan fingerprint density at radius 2 is 2.08 bits per heavy atom. The number of nitrogens with zero attached hydrogens (tertiary/aromatic N) is 3. The lowest BCUT2D eigenvalue weighted by molar-refractivity contribution is -0.164. The van der Waals surface area contributed by atoms with Crippen LogP contribution in [-0.4, -0.2) is 73.2 Å². The summed E-state index contributed by atoms with van der Waals surface area (Å²) in [5.74, 6) is -0.804. The van der Waals surface area contributed by atoms with E-state index in [0.29, 0.717) is 65.0 Å². The normalized spacial score (nSPS) is 19.3. The maximum absolute atomic E-state index is 13.6. The van der Waals surface area contributed by atoms with Gasteiger partial charge in [0.05, 0.1) is 25.4 Å². The van der Waals surface area contributed by atoms with Gasteiger partial charge in [-0.1, -0.05) is 29.3 Å². The minimum Gasteiger partial charge on any atom is -0.463 e. The van der Waals surface area contributed by atoms with E-state index in [2.05, 4.69) is 15.2 Å². The monoisotopic (exact) mass is 552 g/mol. The fourth-order valence-electron chi connectivity index (χ4n) is 3.87. The number of rotatable bonds is 8. The molecule has 1 aromatic heterocycles. The third-order valence-electron chi connectivity index (χ3n) is 5.63. The van der Waals surface area contributed by atoms with Crippen LogP contribution in [0.2, 0.25) is 10.0 Å². The van der Waals surface area contributed by atoms with Gasteiger partial charge in [-0.05, 0) is 26.0 Å². The van der Waals surface area contributed by atoms with Crippen LogP contribution in [-0.2, 0) is 23.8 Å². The Balaban J connectivity index is 1.78. The van der Waals surface area contributed by atoms with Crippen molar-refractivity contribution in [3.63, 3.8) is 0 Å². The van der Waals surface area contributed by atoms with Crippen LogP contribution in [0.4, 0.5) is 0 Å². The SMILES string of the molecule is CCOC(=O)C(C)OC(=O)C1=C(CN2CCOCC2)NC(c2nccs2)=NC1c1ccc(Cl)cc1Cl. The number of ether oxygens (including phenoxy) is 3. The van der Waals surface area contributed by atoms with Crippen molar-refractivity contribution in [1.82, 2.24) is 15.2 Å². The molecule has 1 fully saturated rings. The number of benzene rings is 1. The van der Waals surface area contributed by atoms with Crippen molar-refractivity contribution in [2.75, 3.05) is 39.5 Å². The second kappa shape index (κ2) is 12.2. The van der Waals surface area contributed by atoms with Crippen molar-refractivity contribution in [1.29, 1.82) is 0 Å². The van der Waals surface area contributed by atoms with E-state index in [0.717, 1.165) is 0 Å². The molecule has 0 aliphatic carbocycles. The minimum atomic E-state index is -1.10. The van der Waals surface area contributed by atoms with E-state index in [1.807, 2.05) is 5.38 Å². The first-order valence-electron chi connectivity index (χ1n) is 11.5. The molecule has 9 nitrogen and oxygen atoms in total. The van der Waals surface area contributed by atoms with E-state index in [1.165, 1.54) is 18.3 Å². The maximum atomic E-state index is 13.6. The van der Waals surface area contributed by atoms with Gasteiger partial charge in [-0.25, -0.2) is 14.6 Å². The van der Waals surface area contributed by atoms with Crippen LogP contribution >= 0.6 is 34.5 Å². The summed E-state index contributed by atoms with van der Waals surface area (Å²) in [6, 6.07) is 4.21. The molecule has 2 aliphatic rings. The summed E-state index contributed by atoms with van der Waals surface area (Å²) >= 11 is 14.1. The summed E-state index contributed by atoms with van der Waals surface area (Å²) in [5.41, 5.74) is 1.42. The van der Waals surface area contributed by atoms with Gasteiger partial charge in [-0.15, -0.1) is 11.3 Å². The molecule has 12 heteroatoms. The van der Waals surface area contributed by atoms with Crippen molar-refractivity contribution in [3.05, 3.63) is 61.7 Å². The van der Waals surface area contributed by atoms with Gasteiger partial charge in [-0.2, -0.15) is 0 Å². The molecule has 2 aromatic rings. The molecule has 36 heavy (non-hydrogen) atoms. The molecule has 192 valence electrons. The molecule has 0 saturated carbocycles. The summed E-state index contributed by atoms with van der Waals surface area (Å²) in [4.78, 5) is 37.2. The lowest BCUT2D eigenvalue weighted by atomic mass is 9.95. The van der Waals surface area contributed by atoms with E-state index in [-0.39, 0.29) is 12.2 Å². The number of thiazole rings is 1. The van der Waals surface area contributed by atoms with Crippen molar-refractivity contribution < 1.29 is 23.8 Å². The number of carbonyl (C=O) groups is 2. The Hall–Kier alpha value is -2.50. The number of halogens is 2. The van der Waals surface area contributed by atoms with Gasteiger partial charge in [0.2, 0.25) is 0 Å². The van der Waals surface area contributed by atoms with Crippen LogP contribution < -0.4 is 5.32 Å². The number of morpholine rings is 1. The molecule has 3 heterocycles. The fourth-order valence-corrected chi connectivity index (χ4v) is 4.97. The molecule has 0 bridgehead atoms. The van der Waals surface area contributed by atoms with Crippen molar-refractivity contribution >= 4 is 52.3 Å². The number of carbonyl (C=O) groups excluding carboxylic acids is 2. The van der Waals surface area contributed by atoms with Crippen LogP contribution in [0.5, 0.6) is 0 Å². The van der Waals surface area contributed by atoms with Crippen LogP contribution in [0.3, 0.4) is 0 Å². The molecular weight excluding hydrogens is 527 g/mol. The van der Waals surface area contributed by atoms with Gasteiger partial charge in [0.1, 0.15) is 6.04 Å². The van der Waals surface area contributed by atoms with Crippen LogP contribution in [0, 0.1) is 0 Å². The second-order valence-corrected chi connectivity index (χ2v) is 9.83. The number of amidine groups is 1. The Morgan fingerprint density at radius 1 is 1.31 bits per heavy atom. The van der Waals surface area contributed by atoms with Gasteiger partial charge in [0.25, 0.3) is 0 Å². The van der Waals surface area contributed by atoms with Crippen LogP contribution in [0.25, 0.3) is 0 Å². The van der Waals surface area contributed by atoms with E-state index in [1.54, 1.807) is 31.3 Å². The summed E-state index contributed by atoms with van der Waals surface area (Å²) in [5, 5.41) is 6.62. The zero-order chi connectivity index (χ0) is 25.7. The summed E-state index contributed by atoms with van der Waals surface area (Å²) < 4.78 is 16.0. The first-order valence-corrected chi connectivity index (χ1v) is 13.1. The zero-order valence-corrected chi connectivity index (χ0v) is 22.2. The quantitative estimate of drug-likeness (QED) is 0.495. The molecule has 0 spiro atoms. The Bertz CT molecular complexity index is 1170. The fraction of sp³-hybridized carbons (Fsp3) is 0.417. The van der Waals surface area contributed by atoms with Gasteiger partial charge in [-0.3, -0.25) is 9.89 Å². The van der Waals surface area contributed by atoms with Gasteiger partial charge >= 0.3 is 11.9 Å². The topological polar surface area (TPSA) is 102 Å². The lowest BCUT2D eigenvalue weighted by Gasteiger charge is -2.32. The third kappa shape index (κ3) is 6.24. The van der Waals surface area contributed by atoms with E-state index >= 15 is 0 Å². The number of hydrogen-bond donors (Lipinski definition) is 1. The highest BCUT2D eigenvalue weighted by Crippen LogP contribution is 2.37. The zero-order valence-electron chi connectivity index (χ0n) is 19.8. The van der Waals surface area contributed by atoms with Crippen LogP contribution in [0.15, 0.2) is 46.0 Å². The average molecular weight is 553 g/mol. The standard InChI is InChI=1S/C24H26Cl2N4O5S/c1-3-34-23(31)14(2)35-24(32)19-18(13-30-7-9-33-10-8-30)28-21(22-27-6-11-36-22)29-20(19)16-5-4-15(25)12-17(16)26/h4-6,11-12,14,20H,3,7-10,13H2,1-2H3,(H,28,29). The number of hydrogen-bond acceptors (Lipinski definition) is 10. The Kier molecular flexibility index (Phi) is 8.97. The largest absolute Gasteiger partial charge is 0.463 e. The Morgan fingerprint density at radius 3 is 2.75 bits per heavy atom. The molecule has 2 unspecified atom stereocenters. The van der Waals surface area contributed by atoms with Crippen molar-refractivity contribution in [3.8, 4) is 0 Å². The number of aliphatic imine (C=N–C) groups is 1. The molecule has 0 radical (unpaired) electrons. The summed E-state index contributed by atoms with van der Waals surface area (Å²) in [6.07, 6.45) is 0.588. The molecule has 1 N–H and O–H groups in total. The predicted molar refractivity (Wildman–Crippen MR) is 137 cm³/mol. The maximum Gasteiger partial charge on any atom is 0.347 e.